The molecular formula is C27H20Cl2FN3O4S. The Hall–Kier alpha value is -3.50. The number of fused-ring (bicyclic) bond motifs is 6. The van der Waals surface area contributed by atoms with Gasteiger partial charge in [0, 0.05) is 55.6 Å². The van der Waals surface area contributed by atoms with Gasteiger partial charge in [0.2, 0.25) is 0 Å². The number of nitrogens with one attached hydrogen (secondary N) is 2. The summed E-state index contributed by atoms with van der Waals surface area (Å²) in [5.74, 6) is 0.0565. The Morgan fingerprint density at radius 1 is 0.816 bits per heavy atom. The van der Waals surface area contributed by atoms with Gasteiger partial charge in [0.25, 0.3) is 0 Å². The van der Waals surface area contributed by atoms with Crippen molar-refractivity contribution < 1.29 is 22.1 Å². The Kier molecular flexibility index (Phi) is 6.11. The Bertz CT molecular complexity index is 1860. The predicted molar refractivity (Wildman–Crippen MR) is 151 cm³/mol. The highest BCUT2D eigenvalue weighted by molar-refractivity contribution is 7.87. The molecular weight excluding hydrogens is 552 g/mol. The molecule has 0 unspecified atom stereocenters. The van der Waals surface area contributed by atoms with Gasteiger partial charge >= 0.3 is 10.3 Å². The van der Waals surface area contributed by atoms with E-state index in [2.05, 4.69) is 16.0 Å². The van der Waals surface area contributed by atoms with Gasteiger partial charge in [-0.1, -0.05) is 23.2 Å². The van der Waals surface area contributed by atoms with Crippen molar-refractivity contribution in [3.63, 3.8) is 0 Å². The molecule has 38 heavy (non-hydrogen) atoms. The van der Waals surface area contributed by atoms with E-state index in [1.54, 1.807) is 12.1 Å². The maximum Gasteiger partial charge on any atom is 0.359 e. The molecule has 0 aliphatic heterocycles. The molecule has 0 spiro atoms. The van der Waals surface area contributed by atoms with E-state index in [4.69, 9.17) is 27.9 Å². The first-order chi connectivity index (χ1) is 18.2. The highest BCUT2D eigenvalue weighted by Crippen LogP contribution is 2.41. The van der Waals surface area contributed by atoms with Gasteiger partial charge in [-0.2, -0.15) is 8.42 Å². The molecule has 0 saturated heterocycles. The average molecular weight is 572 g/mol. The molecule has 2 aromatic heterocycles. The minimum atomic E-state index is -4.57. The van der Waals surface area contributed by atoms with Crippen molar-refractivity contribution in [2.45, 2.75) is 6.42 Å². The third-order valence-electron chi connectivity index (χ3n) is 6.49. The van der Waals surface area contributed by atoms with Crippen LogP contribution in [0.25, 0.3) is 43.6 Å². The molecule has 0 saturated carbocycles. The van der Waals surface area contributed by atoms with Crippen LogP contribution in [0.2, 0.25) is 10.0 Å². The van der Waals surface area contributed by atoms with Crippen LogP contribution < -0.4 is 9.04 Å². The monoisotopic (exact) mass is 571 g/mol. The van der Waals surface area contributed by atoms with E-state index < -0.39 is 16.1 Å². The van der Waals surface area contributed by atoms with E-state index in [0.29, 0.717) is 15.8 Å². The SMILES string of the molecule is O=S(=O)(O)N(CCCOc1c2[nH]c3ccc(Cl)cc3c2cc2c1[nH]c1ccc(Cl)cc12)c1ccc(F)cc1. The zero-order chi connectivity index (χ0) is 26.6. The van der Waals surface area contributed by atoms with Gasteiger partial charge in [0.1, 0.15) is 5.82 Å². The Morgan fingerprint density at radius 2 is 1.37 bits per heavy atom. The van der Waals surface area contributed by atoms with Crippen LogP contribution >= 0.6 is 23.2 Å². The summed E-state index contributed by atoms with van der Waals surface area (Å²) >= 11 is 12.6. The molecule has 6 rings (SSSR count). The molecule has 194 valence electrons. The Balaban J connectivity index is 1.39. The van der Waals surface area contributed by atoms with Crippen molar-refractivity contribution in [3.05, 3.63) is 82.6 Å². The highest BCUT2D eigenvalue weighted by Gasteiger charge is 2.21. The lowest BCUT2D eigenvalue weighted by Gasteiger charge is -2.21. The topological polar surface area (TPSA) is 98.4 Å². The number of benzene rings is 4. The van der Waals surface area contributed by atoms with Crippen LogP contribution in [0.5, 0.6) is 5.75 Å². The molecule has 0 aliphatic rings. The molecule has 0 aliphatic carbocycles. The molecule has 3 N–H and O–H groups in total. The van der Waals surface area contributed by atoms with Crippen LogP contribution in [-0.2, 0) is 10.3 Å². The second kappa shape index (κ2) is 9.36. The largest absolute Gasteiger partial charge is 0.489 e. The molecule has 4 aromatic carbocycles. The number of hydrogen-bond acceptors (Lipinski definition) is 3. The fraction of sp³-hybridized carbons (Fsp3) is 0.111. The number of nitrogens with zero attached hydrogens (tertiary/aromatic N) is 1. The molecule has 0 atom stereocenters. The number of aromatic amines is 2. The highest BCUT2D eigenvalue weighted by atomic mass is 35.5. The van der Waals surface area contributed by atoms with Crippen LogP contribution in [0.1, 0.15) is 6.42 Å². The fourth-order valence-corrected chi connectivity index (χ4v) is 5.90. The van der Waals surface area contributed by atoms with Gasteiger partial charge in [-0.15, -0.1) is 0 Å². The molecule has 0 fully saturated rings. The minimum Gasteiger partial charge on any atom is -0.489 e. The molecule has 2 heterocycles. The molecule has 0 amide bonds. The number of halogens is 3. The van der Waals surface area contributed by atoms with E-state index in [9.17, 15) is 17.4 Å². The van der Waals surface area contributed by atoms with Gasteiger partial charge in [-0.25, -0.2) is 8.70 Å². The zero-order valence-corrected chi connectivity index (χ0v) is 22.0. The molecule has 0 bridgehead atoms. The lowest BCUT2D eigenvalue weighted by Crippen LogP contribution is -2.32. The van der Waals surface area contributed by atoms with E-state index in [-0.39, 0.29) is 25.3 Å². The Morgan fingerprint density at radius 3 is 1.89 bits per heavy atom. The van der Waals surface area contributed by atoms with Crippen molar-refractivity contribution in [2.24, 2.45) is 0 Å². The summed E-state index contributed by atoms with van der Waals surface area (Å²) in [6.07, 6.45) is 0.243. The number of rotatable bonds is 7. The van der Waals surface area contributed by atoms with Crippen LogP contribution in [0.4, 0.5) is 10.1 Å². The average Bonchev–Trinajstić information content (AvgIpc) is 3.41. The number of hydrogen-bond donors (Lipinski definition) is 3. The standard InChI is InChI=1S/C27H20Cl2FN3O4S/c28-15-2-8-23-19(12-15)21-14-22-20-13-16(29)3-9-24(20)32-26(22)27(25(21)31-23)37-11-1-10-33(38(34,35)36)18-6-4-17(30)5-7-18/h2-9,12-14,31-32H,1,10-11H2,(H,34,35,36). The summed E-state index contributed by atoms with van der Waals surface area (Å²) in [7, 11) is -4.57. The summed E-state index contributed by atoms with van der Waals surface area (Å²) < 4.78 is 54.1. The maximum atomic E-state index is 13.3. The number of anilines is 1. The van der Waals surface area contributed by atoms with Crippen LogP contribution in [0, 0.1) is 5.82 Å². The second-order valence-electron chi connectivity index (χ2n) is 8.91. The molecule has 6 aromatic rings. The van der Waals surface area contributed by atoms with Gasteiger partial charge in [-0.3, -0.25) is 4.55 Å². The van der Waals surface area contributed by atoms with Gasteiger partial charge in [0.05, 0.1) is 23.3 Å². The van der Waals surface area contributed by atoms with Gasteiger partial charge < -0.3 is 14.7 Å². The molecule has 11 heteroatoms. The molecule has 0 radical (unpaired) electrons. The van der Waals surface area contributed by atoms with Crippen molar-refractivity contribution in [1.82, 2.24) is 9.97 Å². The van der Waals surface area contributed by atoms with Gasteiger partial charge in [-0.05, 0) is 66.7 Å². The fourth-order valence-electron chi connectivity index (χ4n) is 4.81. The summed E-state index contributed by atoms with van der Waals surface area (Å²) in [5, 5.41) is 4.91. The van der Waals surface area contributed by atoms with Crippen molar-refractivity contribution in [3.8, 4) is 5.75 Å². The van der Waals surface area contributed by atoms with Crippen molar-refractivity contribution >= 4 is 82.8 Å². The maximum absolute atomic E-state index is 13.3. The Labute approximate surface area is 226 Å². The zero-order valence-electron chi connectivity index (χ0n) is 19.6. The normalized spacial score (nSPS) is 12.2. The number of H-pyrrole nitrogens is 2. The van der Waals surface area contributed by atoms with Crippen molar-refractivity contribution in [2.75, 3.05) is 17.5 Å². The lowest BCUT2D eigenvalue weighted by molar-refractivity contribution is 0.319. The summed E-state index contributed by atoms with van der Waals surface area (Å²) in [6, 6.07) is 18.1. The predicted octanol–water partition coefficient (Wildman–Crippen LogP) is 7.48. The van der Waals surface area contributed by atoms with Gasteiger partial charge in [0.15, 0.2) is 5.75 Å². The summed E-state index contributed by atoms with van der Waals surface area (Å²) in [6.45, 7) is 0.0574. The van der Waals surface area contributed by atoms with Crippen LogP contribution in [0.15, 0.2) is 66.7 Å². The smallest absolute Gasteiger partial charge is 0.359 e. The third kappa shape index (κ3) is 4.41. The van der Waals surface area contributed by atoms with Crippen molar-refractivity contribution in [1.29, 1.82) is 0 Å². The quantitative estimate of drug-likeness (QED) is 0.136. The third-order valence-corrected chi connectivity index (χ3v) is 7.91. The summed E-state index contributed by atoms with van der Waals surface area (Å²) in [4.78, 5) is 6.83. The number of aromatic nitrogens is 2. The first kappa shape index (κ1) is 24.8. The van der Waals surface area contributed by atoms with E-state index >= 15 is 0 Å². The van der Waals surface area contributed by atoms with Crippen LogP contribution in [-0.4, -0.2) is 36.1 Å². The molecule has 7 nitrogen and oxygen atoms in total. The van der Waals surface area contributed by atoms with E-state index in [1.165, 1.54) is 12.1 Å². The van der Waals surface area contributed by atoms with E-state index in [1.807, 2.05) is 24.3 Å². The summed E-state index contributed by atoms with van der Waals surface area (Å²) in [5.41, 5.74) is 3.45. The van der Waals surface area contributed by atoms with E-state index in [0.717, 1.165) is 60.0 Å². The number of ether oxygens (including phenoxy) is 1. The minimum absolute atomic E-state index is 0.0752. The second-order valence-corrected chi connectivity index (χ2v) is 11.1. The first-order valence-electron chi connectivity index (χ1n) is 11.7. The first-order valence-corrected chi connectivity index (χ1v) is 13.8. The lowest BCUT2D eigenvalue weighted by atomic mass is 10.1. The van der Waals surface area contributed by atoms with Crippen LogP contribution in [0.3, 0.4) is 0 Å².